The van der Waals surface area contributed by atoms with E-state index in [0.717, 1.165) is 12.2 Å². The number of rotatable bonds is 10. The number of ether oxygens (including phenoxy) is 1. The zero-order valence-electron chi connectivity index (χ0n) is 16.1. The van der Waals surface area contributed by atoms with Crippen molar-refractivity contribution in [2.75, 3.05) is 18.5 Å². The summed E-state index contributed by atoms with van der Waals surface area (Å²) in [6.07, 6.45) is 4.66. The van der Waals surface area contributed by atoms with Crippen LogP contribution in [0.15, 0.2) is 48.5 Å². The van der Waals surface area contributed by atoms with Gasteiger partial charge in [0.15, 0.2) is 0 Å². The van der Waals surface area contributed by atoms with E-state index in [4.69, 9.17) is 4.74 Å². The molecule has 0 atom stereocenters. The van der Waals surface area contributed by atoms with Crippen molar-refractivity contribution in [1.82, 2.24) is 5.32 Å². The van der Waals surface area contributed by atoms with Gasteiger partial charge in [-0.25, -0.2) is 0 Å². The highest BCUT2D eigenvalue weighted by molar-refractivity contribution is 6.04. The van der Waals surface area contributed by atoms with E-state index in [1.807, 2.05) is 19.1 Å². The maximum absolute atomic E-state index is 12.3. The lowest BCUT2D eigenvalue weighted by Crippen LogP contribution is -2.22. The van der Waals surface area contributed by atoms with Crippen LogP contribution in [0.3, 0.4) is 0 Å². The van der Waals surface area contributed by atoms with E-state index in [2.05, 4.69) is 17.6 Å². The molecule has 2 rings (SSSR count). The van der Waals surface area contributed by atoms with E-state index in [1.54, 1.807) is 36.4 Å². The van der Waals surface area contributed by atoms with Gasteiger partial charge in [0.1, 0.15) is 5.75 Å². The molecule has 0 aliphatic carbocycles. The van der Waals surface area contributed by atoms with Crippen molar-refractivity contribution >= 4 is 17.5 Å². The molecule has 2 aromatic carbocycles. The van der Waals surface area contributed by atoms with E-state index in [9.17, 15) is 9.59 Å². The SMILES string of the molecule is CCCCCCOc1ccc(C(=O)Nc2ccc(C(=O)NCC)cc2)cc1. The molecule has 0 fully saturated rings. The predicted octanol–water partition coefficient (Wildman–Crippen LogP) is 4.65. The van der Waals surface area contributed by atoms with Crippen LogP contribution < -0.4 is 15.4 Å². The van der Waals surface area contributed by atoms with Crippen LogP contribution in [-0.2, 0) is 0 Å². The molecule has 0 bridgehead atoms. The normalized spacial score (nSPS) is 10.3. The van der Waals surface area contributed by atoms with Crippen LogP contribution in [0.2, 0.25) is 0 Å². The molecular formula is C22H28N2O3. The minimum atomic E-state index is -0.199. The number of hydrogen-bond acceptors (Lipinski definition) is 3. The summed E-state index contributed by atoms with van der Waals surface area (Å²) in [7, 11) is 0. The van der Waals surface area contributed by atoms with Crippen LogP contribution >= 0.6 is 0 Å². The van der Waals surface area contributed by atoms with E-state index in [1.165, 1.54) is 19.3 Å². The molecule has 0 heterocycles. The Labute approximate surface area is 161 Å². The molecule has 0 saturated heterocycles. The molecule has 144 valence electrons. The van der Waals surface area contributed by atoms with E-state index >= 15 is 0 Å². The van der Waals surface area contributed by atoms with Crippen molar-refractivity contribution in [3.8, 4) is 5.75 Å². The number of benzene rings is 2. The van der Waals surface area contributed by atoms with Crippen molar-refractivity contribution in [2.24, 2.45) is 0 Å². The minimum Gasteiger partial charge on any atom is -0.494 e. The van der Waals surface area contributed by atoms with Crippen molar-refractivity contribution in [3.63, 3.8) is 0 Å². The van der Waals surface area contributed by atoms with Gasteiger partial charge in [0.05, 0.1) is 6.61 Å². The molecule has 0 unspecified atom stereocenters. The molecule has 5 heteroatoms. The molecule has 0 aromatic heterocycles. The van der Waals surface area contributed by atoms with Gasteiger partial charge in [-0.2, -0.15) is 0 Å². The van der Waals surface area contributed by atoms with Gasteiger partial charge >= 0.3 is 0 Å². The Morgan fingerprint density at radius 3 is 2.07 bits per heavy atom. The summed E-state index contributed by atoms with van der Waals surface area (Å²) < 4.78 is 5.69. The highest BCUT2D eigenvalue weighted by atomic mass is 16.5. The van der Waals surface area contributed by atoms with Crippen molar-refractivity contribution in [3.05, 3.63) is 59.7 Å². The zero-order chi connectivity index (χ0) is 19.5. The monoisotopic (exact) mass is 368 g/mol. The summed E-state index contributed by atoms with van der Waals surface area (Å²) >= 11 is 0. The second-order valence-corrected chi connectivity index (χ2v) is 6.32. The standard InChI is InChI=1S/C22H28N2O3/c1-3-5-6-7-16-27-20-14-10-18(11-15-20)22(26)24-19-12-8-17(9-13-19)21(25)23-4-2/h8-15H,3-7,16H2,1-2H3,(H,23,25)(H,24,26). The number of amides is 2. The van der Waals surface area contributed by atoms with Gasteiger partial charge in [0, 0.05) is 23.4 Å². The molecule has 0 spiro atoms. The first kappa shape index (κ1) is 20.5. The molecular weight excluding hydrogens is 340 g/mol. The van der Waals surface area contributed by atoms with Gasteiger partial charge in [0.25, 0.3) is 11.8 Å². The van der Waals surface area contributed by atoms with Crippen LogP contribution in [0.25, 0.3) is 0 Å². The van der Waals surface area contributed by atoms with Gasteiger partial charge < -0.3 is 15.4 Å². The number of nitrogens with one attached hydrogen (secondary N) is 2. The van der Waals surface area contributed by atoms with E-state index in [-0.39, 0.29) is 11.8 Å². The zero-order valence-corrected chi connectivity index (χ0v) is 16.1. The third-order valence-corrected chi connectivity index (χ3v) is 4.13. The first-order chi connectivity index (χ1) is 13.1. The van der Waals surface area contributed by atoms with Crippen LogP contribution in [-0.4, -0.2) is 25.0 Å². The maximum atomic E-state index is 12.3. The maximum Gasteiger partial charge on any atom is 0.255 e. The lowest BCUT2D eigenvalue weighted by Gasteiger charge is -2.09. The van der Waals surface area contributed by atoms with Crippen LogP contribution in [0.5, 0.6) is 5.75 Å². The Bertz CT molecular complexity index is 724. The number of carbonyl (C=O) groups is 2. The number of carbonyl (C=O) groups excluding carboxylic acids is 2. The second kappa shape index (κ2) is 11.0. The fourth-order valence-corrected chi connectivity index (χ4v) is 2.59. The lowest BCUT2D eigenvalue weighted by atomic mass is 10.1. The lowest BCUT2D eigenvalue weighted by molar-refractivity contribution is 0.0955. The fraction of sp³-hybridized carbons (Fsp3) is 0.364. The molecule has 2 aromatic rings. The topological polar surface area (TPSA) is 67.4 Å². The third kappa shape index (κ3) is 6.77. The highest BCUT2D eigenvalue weighted by Gasteiger charge is 2.08. The Morgan fingerprint density at radius 1 is 0.815 bits per heavy atom. The van der Waals surface area contributed by atoms with Crippen molar-refractivity contribution < 1.29 is 14.3 Å². The van der Waals surface area contributed by atoms with Gasteiger partial charge in [-0.3, -0.25) is 9.59 Å². The predicted molar refractivity (Wildman–Crippen MR) is 108 cm³/mol. The smallest absolute Gasteiger partial charge is 0.255 e. The highest BCUT2D eigenvalue weighted by Crippen LogP contribution is 2.15. The Kier molecular flexibility index (Phi) is 8.36. The van der Waals surface area contributed by atoms with Gasteiger partial charge in [-0.05, 0) is 61.9 Å². The second-order valence-electron chi connectivity index (χ2n) is 6.32. The van der Waals surface area contributed by atoms with Crippen LogP contribution in [0.1, 0.15) is 60.2 Å². The summed E-state index contributed by atoms with van der Waals surface area (Å²) in [6, 6.07) is 13.9. The molecule has 0 radical (unpaired) electrons. The van der Waals surface area contributed by atoms with Crippen LogP contribution in [0.4, 0.5) is 5.69 Å². The summed E-state index contributed by atoms with van der Waals surface area (Å²) in [5.41, 5.74) is 1.76. The first-order valence-electron chi connectivity index (χ1n) is 9.56. The van der Waals surface area contributed by atoms with Gasteiger partial charge in [-0.1, -0.05) is 26.2 Å². The molecule has 2 amide bonds. The minimum absolute atomic E-state index is 0.124. The number of anilines is 1. The van der Waals surface area contributed by atoms with E-state index < -0.39 is 0 Å². The Hall–Kier alpha value is -2.82. The van der Waals surface area contributed by atoms with Gasteiger partial charge in [-0.15, -0.1) is 0 Å². The number of unbranched alkanes of at least 4 members (excludes halogenated alkanes) is 3. The van der Waals surface area contributed by atoms with Crippen LogP contribution in [0, 0.1) is 0 Å². The van der Waals surface area contributed by atoms with Crippen molar-refractivity contribution in [2.45, 2.75) is 39.5 Å². The average Bonchev–Trinajstić information content (AvgIpc) is 2.69. The molecule has 0 saturated carbocycles. The molecule has 0 aliphatic rings. The Balaban J connectivity index is 1.85. The summed E-state index contributed by atoms with van der Waals surface area (Å²) in [4.78, 5) is 24.1. The molecule has 27 heavy (non-hydrogen) atoms. The Morgan fingerprint density at radius 2 is 1.44 bits per heavy atom. The largest absolute Gasteiger partial charge is 0.494 e. The third-order valence-electron chi connectivity index (χ3n) is 4.13. The first-order valence-corrected chi connectivity index (χ1v) is 9.56. The number of hydrogen-bond donors (Lipinski definition) is 2. The fourth-order valence-electron chi connectivity index (χ4n) is 2.59. The summed E-state index contributed by atoms with van der Waals surface area (Å²) in [5, 5.41) is 5.57. The van der Waals surface area contributed by atoms with Gasteiger partial charge in [0.2, 0.25) is 0 Å². The van der Waals surface area contributed by atoms with E-state index in [0.29, 0.717) is 30.0 Å². The molecule has 0 aliphatic heterocycles. The molecule has 2 N–H and O–H groups in total. The summed E-state index contributed by atoms with van der Waals surface area (Å²) in [5.74, 6) is 0.449. The average molecular weight is 368 g/mol. The van der Waals surface area contributed by atoms with Crippen molar-refractivity contribution in [1.29, 1.82) is 0 Å². The quantitative estimate of drug-likeness (QED) is 0.600. The molecule has 5 nitrogen and oxygen atoms in total. The summed E-state index contributed by atoms with van der Waals surface area (Å²) in [6.45, 7) is 5.33.